The molecule has 1 aromatic heterocycles. The number of thiazole rings is 1. The number of aromatic nitrogens is 1. The van der Waals surface area contributed by atoms with Gasteiger partial charge in [-0.25, -0.2) is 4.98 Å². The number of aliphatic hydroxyl groups excluding tert-OH is 1. The fraction of sp³-hybridized carbons (Fsp3) is 0.625. The molecule has 5 heteroatoms. The van der Waals surface area contributed by atoms with Gasteiger partial charge in [0.1, 0.15) is 0 Å². The zero-order valence-electron chi connectivity index (χ0n) is 7.90. The molecule has 4 nitrogen and oxygen atoms in total. The van der Waals surface area contributed by atoms with E-state index in [4.69, 9.17) is 5.73 Å². The van der Waals surface area contributed by atoms with Crippen LogP contribution in [-0.4, -0.2) is 30.7 Å². The number of aliphatic hydroxyl groups is 1. The molecule has 0 fully saturated rings. The fourth-order valence-corrected chi connectivity index (χ4v) is 1.80. The van der Waals surface area contributed by atoms with Gasteiger partial charge in [-0.15, -0.1) is 0 Å². The molecular weight excluding hydrogens is 186 g/mol. The number of nitrogens with two attached hydrogens (primary N) is 1. The molecule has 0 aromatic carbocycles. The molecule has 0 spiro atoms. The van der Waals surface area contributed by atoms with Gasteiger partial charge in [-0.3, -0.25) is 0 Å². The van der Waals surface area contributed by atoms with Crippen LogP contribution in [0.2, 0.25) is 0 Å². The number of rotatable bonds is 4. The second-order valence-corrected chi connectivity index (χ2v) is 4.07. The van der Waals surface area contributed by atoms with Gasteiger partial charge in [-0.1, -0.05) is 11.3 Å². The Morgan fingerprint density at radius 2 is 2.38 bits per heavy atom. The molecule has 0 aliphatic rings. The van der Waals surface area contributed by atoms with E-state index in [-0.39, 0.29) is 0 Å². The van der Waals surface area contributed by atoms with Crippen LogP contribution in [0.25, 0.3) is 0 Å². The molecule has 0 unspecified atom stereocenters. The molecule has 0 aliphatic heterocycles. The van der Waals surface area contributed by atoms with Crippen LogP contribution in [0.4, 0.5) is 5.13 Å². The topological polar surface area (TPSA) is 62.4 Å². The Hall–Kier alpha value is -0.650. The summed E-state index contributed by atoms with van der Waals surface area (Å²) in [5.41, 5.74) is 5.35. The van der Waals surface area contributed by atoms with E-state index in [1.165, 1.54) is 11.3 Å². The van der Waals surface area contributed by atoms with Crippen LogP contribution >= 0.6 is 11.3 Å². The van der Waals surface area contributed by atoms with E-state index >= 15 is 0 Å². The van der Waals surface area contributed by atoms with Gasteiger partial charge >= 0.3 is 0 Å². The Balaban J connectivity index is 2.67. The summed E-state index contributed by atoms with van der Waals surface area (Å²) in [4.78, 5) is 6.97. The Morgan fingerprint density at radius 1 is 1.69 bits per heavy atom. The van der Waals surface area contributed by atoms with Gasteiger partial charge < -0.3 is 15.7 Å². The van der Waals surface area contributed by atoms with E-state index < -0.39 is 6.10 Å². The summed E-state index contributed by atoms with van der Waals surface area (Å²) < 4.78 is 0. The third kappa shape index (κ3) is 2.65. The number of hydrogen-bond acceptors (Lipinski definition) is 5. The lowest BCUT2D eigenvalue weighted by Crippen LogP contribution is -2.07. The van der Waals surface area contributed by atoms with Gasteiger partial charge in [0, 0.05) is 20.3 Å². The van der Waals surface area contributed by atoms with Gasteiger partial charge in [0.05, 0.1) is 11.0 Å². The maximum Gasteiger partial charge on any atom is 0.185 e. The first kappa shape index (κ1) is 10.4. The third-order valence-electron chi connectivity index (χ3n) is 1.66. The summed E-state index contributed by atoms with van der Waals surface area (Å²) in [7, 11) is 3.86. The van der Waals surface area contributed by atoms with Gasteiger partial charge in [-0.05, 0) is 13.0 Å². The Labute approximate surface area is 82.0 Å². The lowest BCUT2D eigenvalue weighted by molar-refractivity contribution is 0.174. The van der Waals surface area contributed by atoms with E-state index in [1.807, 2.05) is 19.0 Å². The summed E-state index contributed by atoms with van der Waals surface area (Å²) in [5.74, 6) is 0. The van der Waals surface area contributed by atoms with Crippen molar-refractivity contribution in [2.45, 2.75) is 12.5 Å². The quantitative estimate of drug-likeness (QED) is 0.748. The molecule has 0 bridgehead atoms. The second-order valence-electron chi connectivity index (χ2n) is 3.03. The highest BCUT2D eigenvalue weighted by Crippen LogP contribution is 2.27. The average Bonchev–Trinajstić information content (AvgIpc) is 2.52. The van der Waals surface area contributed by atoms with Crippen molar-refractivity contribution in [3.05, 3.63) is 11.1 Å². The predicted octanol–water partition coefficient (Wildman–Crippen LogP) is 0.591. The third-order valence-corrected chi connectivity index (χ3v) is 2.93. The van der Waals surface area contributed by atoms with Crippen molar-refractivity contribution in [2.24, 2.45) is 5.73 Å². The Kier molecular flexibility index (Phi) is 3.65. The Morgan fingerprint density at radius 3 is 2.85 bits per heavy atom. The van der Waals surface area contributed by atoms with Crippen molar-refractivity contribution in [1.29, 1.82) is 0 Å². The maximum absolute atomic E-state index is 9.59. The van der Waals surface area contributed by atoms with Gasteiger partial charge in [0.15, 0.2) is 5.13 Å². The van der Waals surface area contributed by atoms with E-state index in [9.17, 15) is 5.11 Å². The number of anilines is 1. The lowest BCUT2D eigenvalue weighted by atomic mass is 10.2. The van der Waals surface area contributed by atoms with Gasteiger partial charge in [0.25, 0.3) is 0 Å². The van der Waals surface area contributed by atoms with Gasteiger partial charge in [-0.2, -0.15) is 0 Å². The highest BCUT2D eigenvalue weighted by atomic mass is 32.1. The van der Waals surface area contributed by atoms with Crippen molar-refractivity contribution < 1.29 is 5.11 Å². The molecule has 0 saturated carbocycles. The molecule has 0 radical (unpaired) electrons. The van der Waals surface area contributed by atoms with Crippen LogP contribution < -0.4 is 10.6 Å². The van der Waals surface area contributed by atoms with Crippen LogP contribution in [0, 0.1) is 0 Å². The number of nitrogens with zero attached hydrogens (tertiary/aromatic N) is 2. The standard InChI is InChI=1S/C8H15N3OS/c1-11(2)8-10-5-7(13-8)6(12)3-4-9/h5-6,12H,3-4,9H2,1-2H3/t6-/m1/s1. The highest BCUT2D eigenvalue weighted by Gasteiger charge is 2.11. The van der Waals surface area contributed by atoms with E-state index in [2.05, 4.69) is 4.98 Å². The molecule has 74 valence electrons. The van der Waals surface area contributed by atoms with Crippen LogP contribution in [0.5, 0.6) is 0 Å². The van der Waals surface area contributed by atoms with E-state index in [1.54, 1.807) is 6.20 Å². The van der Waals surface area contributed by atoms with E-state index in [0.29, 0.717) is 13.0 Å². The van der Waals surface area contributed by atoms with Crippen molar-refractivity contribution in [3.8, 4) is 0 Å². The predicted molar refractivity (Wildman–Crippen MR) is 55.1 cm³/mol. The summed E-state index contributed by atoms with van der Waals surface area (Å²) in [5, 5.41) is 10.5. The van der Waals surface area contributed by atoms with E-state index in [0.717, 1.165) is 10.0 Å². The van der Waals surface area contributed by atoms with Crippen LogP contribution in [0.1, 0.15) is 17.4 Å². The van der Waals surface area contributed by atoms with Crippen LogP contribution in [0.15, 0.2) is 6.20 Å². The largest absolute Gasteiger partial charge is 0.387 e. The second kappa shape index (κ2) is 4.55. The average molecular weight is 201 g/mol. The SMILES string of the molecule is CN(C)c1ncc([C@H](O)CCN)s1. The first-order valence-corrected chi connectivity index (χ1v) is 4.98. The first-order chi connectivity index (χ1) is 6.15. The minimum absolute atomic E-state index is 0.462. The normalized spacial score (nSPS) is 12.9. The molecule has 1 atom stereocenters. The summed E-state index contributed by atoms with van der Waals surface area (Å²) in [6.07, 6.45) is 1.84. The molecule has 0 aliphatic carbocycles. The smallest absolute Gasteiger partial charge is 0.185 e. The highest BCUT2D eigenvalue weighted by molar-refractivity contribution is 7.15. The summed E-state index contributed by atoms with van der Waals surface area (Å²) in [6.45, 7) is 0.496. The monoisotopic (exact) mass is 201 g/mol. The van der Waals surface area contributed by atoms with Crippen LogP contribution in [0.3, 0.4) is 0 Å². The number of hydrogen-bond donors (Lipinski definition) is 2. The van der Waals surface area contributed by atoms with Crippen molar-refractivity contribution in [3.63, 3.8) is 0 Å². The first-order valence-electron chi connectivity index (χ1n) is 4.16. The molecule has 13 heavy (non-hydrogen) atoms. The molecule has 1 aromatic rings. The minimum Gasteiger partial charge on any atom is -0.387 e. The maximum atomic E-state index is 9.59. The van der Waals surface area contributed by atoms with Crippen LogP contribution in [-0.2, 0) is 0 Å². The van der Waals surface area contributed by atoms with Crippen molar-refractivity contribution >= 4 is 16.5 Å². The fourth-order valence-electron chi connectivity index (χ4n) is 0.938. The zero-order valence-corrected chi connectivity index (χ0v) is 8.71. The van der Waals surface area contributed by atoms with Gasteiger partial charge in [0.2, 0.25) is 0 Å². The molecule has 3 N–H and O–H groups in total. The molecule has 1 rings (SSSR count). The zero-order chi connectivity index (χ0) is 9.84. The molecule has 1 heterocycles. The molecular formula is C8H15N3OS. The minimum atomic E-state index is -0.462. The lowest BCUT2D eigenvalue weighted by Gasteiger charge is -2.07. The summed E-state index contributed by atoms with van der Waals surface area (Å²) in [6, 6.07) is 0. The Bertz CT molecular complexity index is 262. The van der Waals surface area contributed by atoms with Crippen molar-refractivity contribution in [2.75, 3.05) is 25.5 Å². The summed E-state index contributed by atoms with van der Waals surface area (Å²) >= 11 is 1.50. The van der Waals surface area contributed by atoms with Crippen molar-refractivity contribution in [1.82, 2.24) is 4.98 Å². The molecule has 0 amide bonds. The molecule has 0 saturated heterocycles.